The number of aromatic nitrogens is 3. The molecule has 0 saturated heterocycles. The number of hydrogen-bond acceptors (Lipinski definition) is 6. The Hall–Kier alpha value is -1.08. The second-order valence-corrected chi connectivity index (χ2v) is 3.82. The molecule has 1 aromatic heterocycles. The van der Waals surface area contributed by atoms with E-state index in [0.717, 1.165) is 24.4 Å². The lowest BCUT2D eigenvalue weighted by atomic mass is 9.80. The summed E-state index contributed by atoms with van der Waals surface area (Å²) >= 11 is 1.07. The van der Waals surface area contributed by atoms with Crippen molar-refractivity contribution in [1.82, 2.24) is 14.8 Å². The van der Waals surface area contributed by atoms with E-state index in [2.05, 4.69) is 20.1 Å². The third-order valence-corrected chi connectivity index (χ3v) is 2.59. The molecule has 1 amide bonds. The molecule has 2 rings (SSSR count). The third-order valence-electron chi connectivity index (χ3n) is 2.07. The lowest BCUT2D eigenvalue weighted by Gasteiger charge is -2.30. The van der Waals surface area contributed by atoms with Gasteiger partial charge in [-0.25, -0.2) is 0 Å². The molecule has 0 aliphatic heterocycles. The summed E-state index contributed by atoms with van der Waals surface area (Å²) < 4.78 is 3.53. The van der Waals surface area contributed by atoms with E-state index in [0.29, 0.717) is 5.13 Å². The van der Waals surface area contributed by atoms with Gasteiger partial charge >= 0.3 is 0 Å². The third kappa shape index (κ3) is 1.81. The number of rotatable bonds is 2. The highest BCUT2D eigenvalue weighted by Gasteiger charge is 2.32. The lowest BCUT2D eigenvalue weighted by Crippen LogP contribution is -2.42. The van der Waals surface area contributed by atoms with Gasteiger partial charge in [-0.05, 0) is 18.1 Å². The second kappa shape index (κ2) is 3.35. The predicted octanol–water partition coefficient (Wildman–Crippen LogP) is -0.391. The van der Waals surface area contributed by atoms with Crippen LogP contribution in [0.3, 0.4) is 0 Å². The molecule has 1 aliphatic rings. The van der Waals surface area contributed by atoms with Crippen molar-refractivity contribution in [2.75, 3.05) is 5.32 Å². The van der Waals surface area contributed by atoms with Gasteiger partial charge in [0.15, 0.2) is 0 Å². The maximum Gasteiger partial charge on any atom is 0.231 e. The van der Waals surface area contributed by atoms with E-state index < -0.39 is 0 Å². The molecule has 1 fully saturated rings. The molecular weight excluding hydrogens is 190 g/mol. The zero-order valence-electron chi connectivity index (χ0n) is 6.80. The van der Waals surface area contributed by atoms with Gasteiger partial charge in [0, 0.05) is 23.5 Å². The highest BCUT2D eigenvalue weighted by molar-refractivity contribution is 7.09. The van der Waals surface area contributed by atoms with Gasteiger partial charge in [0.25, 0.3) is 0 Å². The molecule has 0 unspecified atom stereocenters. The first-order valence-corrected chi connectivity index (χ1v) is 4.74. The topological polar surface area (TPSA) is 93.8 Å². The van der Waals surface area contributed by atoms with E-state index in [-0.39, 0.29) is 17.9 Å². The fraction of sp³-hybridized carbons (Fsp3) is 0.667. The number of nitrogens with two attached hydrogens (primary N) is 1. The summed E-state index contributed by atoms with van der Waals surface area (Å²) in [6.07, 6.45) is 1.52. The second-order valence-electron chi connectivity index (χ2n) is 3.09. The number of carbonyl (C=O) groups excluding carboxylic acids is 1. The predicted molar refractivity (Wildman–Crippen MR) is 47.0 cm³/mol. The summed E-state index contributed by atoms with van der Waals surface area (Å²) in [6, 6.07) is 0.184. The first-order chi connectivity index (χ1) is 6.25. The van der Waals surface area contributed by atoms with Gasteiger partial charge in [0.05, 0.1) is 0 Å². The van der Waals surface area contributed by atoms with Gasteiger partial charge in [0.1, 0.15) is 0 Å². The average Bonchev–Trinajstić information content (AvgIpc) is 2.51. The fourth-order valence-corrected chi connectivity index (χ4v) is 1.63. The van der Waals surface area contributed by atoms with Gasteiger partial charge in [-0.2, -0.15) is 0 Å². The van der Waals surface area contributed by atoms with E-state index in [9.17, 15) is 4.79 Å². The minimum absolute atomic E-state index is 0.0275. The van der Waals surface area contributed by atoms with Crippen molar-refractivity contribution in [3.8, 4) is 0 Å². The zero-order chi connectivity index (χ0) is 9.26. The van der Waals surface area contributed by atoms with Crippen LogP contribution in [0.15, 0.2) is 0 Å². The number of carbonyl (C=O) groups is 1. The van der Waals surface area contributed by atoms with Crippen LogP contribution in [-0.4, -0.2) is 26.7 Å². The Morgan fingerprint density at radius 3 is 2.92 bits per heavy atom. The molecule has 0 atom stereocenters. The molecule has 1 aromatic rings. The molecule has 0 aromatic carbocycles. The summed E-state index contributed by atoms with van der Waals surface area (Å²) in [4.78, 5) is 11.4. The van der Waals surface area contributed by atoms with Crippen LogP contribution < -0.4 is 11.1 Å². The van der Waals surface area contributed by atoms with Crippen LogP contribution in [0.2, 0.25) is 0 Å². The number of nitrogens with zero attached hydrogens (tertiary/aromatic N) is 3. The van der Waals surface area contributed by atoms with Crippen molar-refractivity contribution in [2.45, 2.75) is 18.9 Å². The number of hydrogen-bond donors (Lipinski definition) is 2. The SMILES string of the molecule is NC1CC(C(=O)Nc2nnns2)C1. The summed E-state index contributed by atoms with van der Waals surface area (Å²) in [6.45, 7) is 0. The van der Waals surface area contributed by atoms with Crippen molar-refractivity contribution in [3.63, 3.8) is 0 Å². The van der Waals surface area contributed by atoms with Crippen LogP contribution in [0, 0.1) is 5.92 Å². The molecule has 7 heteroatoms. The van der Waals surface area contributed by atoms with Crippen LogP contribution in [-0.2, 0) is 4.79 Å². The molecular formula is C6H9N5OS. The van der Waals surface area contributed by atoms with Gasteiger partial charge < -0.3 is 5.73 Å². The van der Waals surface area contributed by atoms with Crippen molar-refractivity contribution in [3.05, 3.63) is 0 Å². The standard InChI is InChI=1S/C6H9N5OS/c7-4-1-3(2-4)5(12)8-6-9-10-11-13-6/h3-4H,1-2,7H2,(H,8,9,11,12). The fourth-order valence-electron chi connectivity index (χ4n) is 1.27. The first-order valence-electron chi connectivity index (χ1n) is 3.97. The van der Waals surface area contributed by atoms with Crippen molar-refractivity contribution in [2.24, 2.45) is 11.7 Å². The van der Waals surface area contributed by atoms with E-state index in [4.69, 9.17) is 5.73 Å². The highest BCUT2D eigenvalue weighted by atomic mass is 32.1. The molecule has 70 valence electrons. The van der Waals surface area contributed by atoms with Crippen molar-refractivity contribution < 1.29 is 4.79 Å². The Bertz CT molecular complexity index is 294. The quantitative estimate of drug-likeness (QED) is 0.676. The largest absolute Gasteiger partial charge is 0.328 e. The number of nitrogens with one attached hydrogen (secondary N) is 1. The van der Waals surface area contributed by atoms with E-state index in [1.165, 1.54) is 0 Å². The minimum Gasteiger partial charge on any atom is -0.328 e. The highest BCUT2D eigenvalue weighted by Crippen LogP contribution is 2.26. The van der Waals surface area contributed by atoms with Gasteiger partial charge in [-0.15, -0.1) is 0 Å². The van der Waals surface area contributed by atoms with Crippen LogP contribution in [0.5, 0.6) is 0 Å². The Kier molecular flexibility index (Phi) is 2.19. The molecule has 3 N–H and O–H groups in total. The maximum absolute atomic E-state index is 11.4. The Balaban J connectivity index is 1.86. The summed E-state index contributed by atoms with van der Waals surface area (Å²) in [5.74, 6) is 0.0131. The van der Waals surface area contributed by atoms with Gasteiger partial charge in [0.2, 0.25) is 11.0 Å². The van der Waals surface area contributed by atoms with Gasteiger partial charge in [-0.1, -0.05) is 9.59 Å². The zero-order valence-corrected chi connectivity index (χ0v) is 7.62. The summed E-state index contributed by atoms with van der Waals surface area (Å²) in [7, 11) is 0. The smallest absolute Gasteiger partial charge is 0.231 e. The van der Waals surface area contributed by atoms with Gasteiger partial charge in [-0.3, -0.25) is 10.1 Å². The van der Waals surface area contributed by atoms with Crippen LogP contribution >= 0.6 is 11.5 Å². The van der Waals surface area contributed by atoms with E-state index in [1.807, 2.05) is 0 Å². The normalized spacial score (nSPS) is 26.5. The molecule has 6 nitrogen and oxygen atoms in total. The van der Waals surface area contributed by atoms with Crippen molar-refractivity contribution >= 4 is 22.6 Å². The summed E-state index contributed by atoms with van der Waals surface area (Å²) in [5, 5.41) is 10.1. The molecule has 0 radical (unpaired) electrons. The number of amides is 1. The number of anilines is 1. The maximum atomic E-state index is 11.4. The lowest BCUT2D eigenvalue weighted by molar-refractivity contribution is -0.122. The molecule has 0 bridgehead atoms. The molecule has 1 saturated carbocycles. The molecule has 1 heterocycles. The van der Waals surface area contributed by atoms with Crippen molar-refractivity contribution in [1.29, 1.82) is 0 Å². The van der Waals surface area contributed by atoms with E-state index in [1.54, 1.807) is 0 Å². The molecule has 0 spiro atoms. The monoisotopic (exact) mass is 199 g/mol. The average molecular weight is 199 g/mol. The van der Waals surface area contributed by atoms with Crippen LogP contribution in [0.1, 0.15) is 12.8 Å². The Labute approximate surface area is 78.7 Å². The Morgan fingerprint density at radius 1 is 1.62 bits per heavy atom. The molecule has 1 aliphatic carbocycles. The van der Waals surface area contributed by atoms with Crippen LogP contribution in [0.4, 0.5) is 5.13 Å². The Morgan fingerprint density at radius 2 is 2.38 bits per heavy atom. The van der Waals surface area contributed by atoms with E-state index >= 15 is 0 Å². The minimum atomic E-state index is -0.0275. The first kappa shape index (κ1) is 8.52. The summed E-state index contributed by atoms with van der Waals surface area (Å²) in [5.41, 5.74) is 5.56. The molecule has 13 heavy (non-hydrogen) atoms. The van der Waals surface area contributed by atoms with Crippen LogP contribution in [0.25, 0.3) is 0 Å².